The number of benzene rings is 2. The van der Waals surface area contributed by atoms with Gasteiger partial charge in [0.05, 0.1) is 25.7 Å². The first-order chi connectivity index (χ1) is 17.0. The van der Waals surface area contributed by atoms with E-state index in [4.69, 9.17) is 14.2 Å². The molecule has 0 saturated carbocycles. The number of morpholine rings is 1. The van der Waals surface area contributed by atoms with E-state index in [1.54, 1.807) is 4.90 Å². The lowest BCUT2D eigenvalue weighted by Gasteiger charge is -2.38. The third-order valence-corrected chi connectivity index (χ3v) is 6.62. The van der Waals surface area contributed by atoms with Gasteiger partial charge in [-0.3, -0.25) is 9.69 Å². The van der Waals surface area contributed by atoms with Gasteiger partial charge in [-0.2, -0.15) is 0 Å². The Morgan fingerprint density at radius 3 is 2.31 bits per heavy atom. The molecule has 1 amide bonds. The van der Waals surface area contributed by atoms with Crippen LogP contribution in [0.3, 0.4) is 0 Å². The van der Waals surface area contributed by atoms with Crippen molar-refractivity contribution < 1.29 is 28.9 Å². The fourth-order valence-electron chi connectivity index (χ4n) is 4.74. The van der Waals surface area contributed by atoms with Gasteiger partial charge in [-0.15, -0.1) is 0 Å². The number of aliphatic hydroxyl groups is 1. The van der Waals surface area contributed by atoms with Crippen LogP contribution in [0.1, 0.15) is 23.5 Å². The highest BCUT2D eigenvalue weighted by Gasteiger charge is 2.36. The fourth-order valence-corrected chi connectivity index (χ4v) is 4.74. The largest absolute Gasteiger partial charge is 0.461 e. The number of ether oxygens (including phenoxy) is 3. The van der Waals surface area contributed by atoms with E-state index in [0.29, 0.717) is 26.3 Å². The zero-order chi connectivity index (χ0) is 24.8. The molecule has 1 aliphatic carbocycles. The molecule has 1 saturated heterocycles. The van der Waals surface area contributed by atoms with Gasteiger partial charge >= 0.3 is 12.1 Å². The summed E-state index contributed by atoms with van der Waals surface area (Å²) in [7, 11) is 1.54. The summed E-state index contributed by atoms with van der Waals surface area (Å²) in [5.41, 5.74) is 4.51. The lowest BCUT2D eigenvalue weighted by Crippen LogP contribution is -2.56. The van der Waals surface area contributed by atoms with Gasteiger partial charge in [0.2, 0.25) is 0 Å². The predicted octanol–water partition coefficient (Wildman–Crippen LogP) is 3.01. The highest BCUT2D eigenvalue weighted by Crippen LogP contribution is 2.44. The molecular formula is C27H32N2O6. The molecule has 2 aromatic carbocycles. The number of carbonyl (C=O) groups excluding carboxylic acids is 2. The molecule has 1 N–H and O–H groups in total. The Morgan fingerprint density at radius 1 is 1.11 bits per heavy atom. The molecular weight excluding hydrogens is 448 g/mol. The zero-order valence-corrected chi connectivity index (χ0v) is 20.0. The second-order valence-corrected chi connectivity index (χ2v) is 8.72. The molecule has 8 nitrogen and oxygen atoms in total. The van der Waals surface area contributed by atoms with Gasteiger partial charge in [0.15, 0.2) is 0 Å². The van der Waals surface area contributed by atoms with E-state index in [9.17, 15) is 14.7 Å². The van der Waals surface area contributed by atoms with E-state index in [-0.39, 0.29) is 25.6 Å². The van der Waals surface area contributed by atoms with Crippen molar-refractivity contribution in [1.29, 1.82) is 0 Å². The van der Waals surface area contributed by atoms with Crippen molar-refractivity contribution in [3.8, 4) is 11.1 Å². The molecule has 0 radical (unpaired) electrons. The monoisotopic (exact) mass is 480 g/mol. The summed E-state index contributed by atoms with van der Waals surface area (Å²) in [5, 5.41) is 11.1. The molecule has 2 aliphatic rings. The van der Waals surface area contributed by atoms with Crippen LogP contribution in [0.25, 0.3) is 11.1 Å². The van der Waals surface area contributed by atoms with Crippen molar-refractivity contribution in [2.24, 2.45) is 0 Å². The maximum atomic E-state index is 13.1. The third kappa shape index (κ3) is 5.56. The quantitative estimate of drug-likeness (QED) is 0.436. The van der Waals surface area contributed by atoms with Crippen molar-refractivity contribution in [3.63, 3.8) is 0 Å². The Bertz CT molecular complexity index is 1010. The highest BCUT2D eigenvalue weighted by molar-refractivity contribution is 5.79. The van der Waals surface area contributed by atoms with Crippen LogP contribution >= 0.6 is 0 Å². The predicted molar refractivity (Wildman–Crippen MR) is 131 cm³/mol. The van der Waals surface area contributed by atoms with Crippen molar-refractivity contribution in [2.75, 3.05) is 46.6 Å². The molecule has 2 aromatic rings. The lowest BCUT2D eigenvalue weighted by molar-refractivity contribution is -0.148. The van der Waals surface area contributed by atoms with Crippen molar-refractivity contribution in [2.45, 2.75) is 24.6 Å². The molecule has 1 unspecified atom stereocenters. The maximum Gasteiger partial charge on any atom is 0.409 e. The number of carbonyl (C=O) groups is 2. The molecule has 8 heteroatoms. The summed E-state index contributed by atoms with van der Waals surface area (Å²) in [6.07, 6.45) is -0.380. The number of amides is 1. The van der Waals surface area contributed by atoms with Gasteiger partial charge < -0.3 is 24.2 Å². The number of nitrogens with zero attached hydrogens (tertiary/aromatic N) is 2. The Labute approximate surface area is 205 Å². The van der Waals surface area contributed by atoms with Crippen LogP contribution in [0.5, 0.6) is 0 Å². The van der Waals surface area contributed by atoms with Crippen LogP contribution in [0.4, 0.5) is 4.79 Å². The SMILES string of the molecule is C=CCOC(=O)C[C@@H](C(O)N1CCOCC1)N(C)C(=O)OCC1c2ccccc2-c2ccccc21. The normalized spacial score (nSPS) is 17.1. The number of hydrogen-bond acceptors (Lipinski definition) is 7. The van der Waals surface area contributed by atoms with Gasteiger partial charge in [-0.25, -0.2) is 4.79 Å². The second-order valence-electron chi connectivity index (χ2n) is 8.72. The van der Waals surface area contributed by atoms with Gasteiger partial charge in [0.25, 0.3) is 0 Å². The summed E-state index contributed by atoms with van der Waals surface area (Å²) in [6.45, 7) is 5.70. The Hall–Kier alpha value is -3.20. The average molecular weight is 481 g/mol. The molecule has 2 atom stereocenters. The first-order valence-corrected chi connectivity index (χ1v) is 11.9. The molecule has 35 heavy (non-hydrogen) atoms. The van der Waals surface area contributed by atoms with Crippen LogP contribution in [-0.2, 0) is 19.0 Å². The molecule has 4 rings (SSSR count). The first-order valence-electron chi connectivity index (χ1n) is 11.9. The van der Waals surface area contributed by atoms with Gasteiger partial charge in [0, 0.05) is 26.1 Å². The van der Waals surface area contributed by atoms with E-state index >= 15 is 0 Å². The lowest BCUT2D eigenvalue weighted by atomic mass is 9.98. The van der Waals surface area contributed by atoms with Crippen LogP contribution in [0.15, 0.2) is 61.2 Å². The molecule has 1 fully saturated rings. The molecule has 1 aliphatic heterocycles. The summed E-state index contributed by atoms with van der Waals surface area (Å²) >= 11 is 0. The molecule has 186 valence electrons. The van der Waals surface area contributed by atoms with E-state index in [2.05, 4.69) is 30.8 Å². The van der Waals surface area contributed by atoms with Crippen LogP contribution in [0.2, 0.25) is 0 Å². The number of likely N-dealkylation sites (N-methyl/N-ethyl adjacent to an activating group) is 1. The summed E-state index contributed by atoms with van der Waals surface area (Å²) in [4.78, 5) is 28.6. The molecule has 1 heterocycles. The topological polar surface area (TPSA) is 88.5 Å². The zero-order valence-electron chi connectivity index (χ0n) is 20.0. The maximum absolute atomic E-state index is 13.1. The van der Waals surface area contributed by atoms with Crippen molar-refractivity contribution in [1.82, 2.24) is 9.80 Å². The number of rotatable bonds is 9. The Balaban J connectivity index is 1.47. The number of fused-ring (bicyclic) bond motifs is 3. The highest BCUT2D eigenvalue weighted by atomic mass is 16.6. The van der Waals surface area contributed by atoms with Gasteiger partial charge in [-0.1, -0.05) is 61.2 Å². The van der Waals surface area contributed by atoms with E-state index in [0.717, 1.165) is 22.3 Å². The number of esters is 1. The minimum Gasteiger partial charge on any atom is -0.461 e. The molecule has 0 spiro atoms. The summed E-state index contributed by atoms with van der Waals surface area (Å²) in [5.74, 6) is -0.611. The minimum absolute atomic E-state index is 0.0634. The fraction of sp³-hybridized carbons (Fsp3) is 0.407. The molecule has 0 bridgehead atoms. The smallest absolute Gasteiger partial charge is 0.409 e. The van der Waals surface area contributed by atoms with E-state index in [1.807, 2.05) is 24.3 Å². The molecule has 0 aromatic heterocycles. The van der Waals surface area contributed by atoms with Crippen LogP contribution in [0, 0.1) is 0 Å². The summed E-state index contributed by atoms with van der Waals surface area (Å²) in [6, 6.07) is 15.4. The van der Waals surface area contributed by atoms with E-state index in [1.165, 1.54) is 18.0 Å². The van der Waals surface area contributed by atoms with Crippen LogP contribution in [-0.4, -0.2) is 85.8 Å². The van der Waals surface area contributed by atoms with E-state index < -0.39 is 24.3 Å². The third-order valence-electron chi connectivity index (χ3n) is 6.62. The standard InChI is InChI=1S/C27H32N2O6/c1-3-14-34-25(30)17-24(26(31)29-12-15-33-16-13-29)28(2)27(32)35-18-23-21-10-6-4-8-19(21)20-9-5-7-11-22(20)23/h3-11,23-24,26,31H,1,12-18H2,2H3/t24-,26?/m0/s1. The van der Waals surface area contributed by atoms with Crippen LogP contribution < -0.4 is 0 Å². The van der Waals surface area contributed by atoms with Gasteiger partial charge in [0.1, 0.15) is 19.4 Å². The Kier molecular flexibility index (Phi) is 8.17. The summed E-state index contributed by atoms with van der Waals surface area (Å²) < 4.78 is 16.2. The van der Waals surface area contributed by atoms with Crippen molar-refractivity contribution >= 4 is 12.1 Å². The number of aliphatic hydroxyl groups excluding tert-OH is 1. The first kappa shape index (κ1) is 24.9. The average Bonchev–Trinajstić information content (AvgIpc) is 3.22. The minimum atomic E-state index is -1.07. The Morgan fingerprint density at radius 2 is 1.71 bits per heavy atom. The number of hydrogen-bond donors (Lipinski definition) is 1. The van der Waals surface area contributed by atoms with Gasteiger partial charge in [-0.05, 0) is 22.3 Å². The second kappa shape index (κ2) is 11.5. The van der Waals surface area contributed by atoms with Crippen molar-refractivity contribution in [3.05, 3.63) is 72.3 Å².